The Labute approximate surface area is 111 Å². The van der Waals surface area contributed by atoms with Crippen LogP contribution in [0, 0.1) is 0 Å². The van der Waals surface area contributed by atoms with Crippen molar-refractivity contribution in [2.24, 2.45) is 11.5 Å². The van der Waals surface area contributed by atoms with Gasteiger partial charge in [0.15, 0.2) is 0 Å². The lowest BCUT2D eigenvalue weighted by Crippen LogP contribution is -2.39. The van der Waals surface area contributed by atoms with Crippen LogP contribution in [-0.2, 0) is 0 Å². The fourth-order valence-corrected chi connectivity index (χ4v) is 1.42. The fourth-order valence-electron chi connectivity index (χ4n) is 1.42. The number of anilines is 1. The van der Waals surface area contributed by atoms with Crippen LogP contribution >= 0.6 is 0 Å². The molecule has 1 atom stereocenters. The molecule has 0 aliphatic heterocycles. The Morgan fingerprint density at radius 2 is 1.58 bits per heavy atom. The molecule has 0 radical (unpaired) electrons. The van der Waals surface area contributed by atoms with E-state index < -0.39 is 17.4 Å². The van der Waals surface area contributed by atoms with Gasteiger partial charge >= 0.3 is 0 Å². The maximum Gasteiger partial charge on any atom is 0.248 e. The maximum absolute atomic E-state index is 11.2. The highest BCUT2D eigenvalue weighted by Gasteiger charge is 2.22. The molecule has 1 aromatic rings. The van der Waals surface area contributed by atoms with E-state index in [4.69, 9.17) is 11.5 Å². The van der Waals surface area contributed by atoms with Crippen molar-refractivity contribution in [1.82, 2.24) is 0 Å². The van der Waals surface area contributed by atoms with Gasteiger partial charge in [-0.3, -0.25) is 9.59 Å². The lowest BCUT2D eigenvalue weighted by molar-refractivity contribution is 0.0649. The van der Waals surface area contributed by atoms with Crippen molar-refractivity contribution in [1.29, 1.82) is 0 Å². The third-order valence-corrected chi connectivity index (χ3v) is 2.94. The van der Waals surface area contributed by atoms with Gasteiger partial charge in [0.25, 0.3) is 0 Å². The predicted octanol–water partition coefficient (Wildman–Crippen LogP) is 0.456. The van der Waals surface area contributed by atoms with Crippen LogP contribution in [-0.4, -0.2) is 28.6 Å². The smallest absolute Gasteiger partial charge is 0.248 e. The predicted molar refractivity (Wildman–Crippen MR) is 72.9 cm³/mol. The molecular formula is C13H19N3O3. The van der Waals surface area contributed by atoms with Gasteiger partial charge in [-0.15, -0.1) is 0 Å². The molecule has 6 N–H and O–H groups in total. The van der Waals surface area contributed by atoms with Gasteiger partial charge in [-0.25, -0.2) is 0 Å². The Morgan fingerprint density at radius 3 is 1.89 bits per heavy atom. The first kappa shape index (κ1) is 15.0. The minimum atomic E-state index is -0.963. The second kappa shape index (κ2) is 5.27. The van der Waals surface area contributed by atoms with E-state index in [1.54, 1.807) is 20.8 Å². The SMILES string of the molecule is CC(Nc1cc(C(N)=O)cc(C(N)=O)c1)C(C)(C)O. The molecule has 0 fully saturated rings. The number of hydrogen-bond acceptors (Lipinski definition) is 4. The molecule has 2 amide bonds. The number of nitrogens with one attached hydrogen (secondary N) is 1. The third kappa shape index (κ3) is 3.96. The van der Waals surface area contributed by atoms with Crippen molar-refractivity contribution in [3.05, 3.63) is 29.3 Å². The lowest BCUT2D eigenvalue weighted by Gasteiger charge is -2.27. The molecule has 1 aromatic carbocycles. The molecule has 1 rings (SSSR count). The minimum absolute atomic E-state index is 0.182. The number of aliphatic hydroxyl groups is 1. The summed E-state index contributed by atoms with van der Waals surface area (Å²) in [4.78, 5) is 22.4. The van der Waals surface area contributed by atoms with Gasteiger partial charge in [0.2, 0.25) is 11.8 Å². The van der Waals surface area contributed by atoms with Crippen molar-refractivity contribution in [2.75, 3.05) is 5.32 Å². The molecule has 0 aliphatic carbocycles. The Kier molecular flexibility index (Phi) is 4.16. The standard InChI is InChI=1S/C13H19N3O3/c1-7(13(2,3)19)16-10-5-8(11(14)17)4-9(6-10)12(15)18/h4-7,16,19H,1-3H3,(H2,14,17)(H2,15,18). The van der Waals surface area contributed by atoms with Gasteiger partial charge in [-0.1, -0.05) is 0 Å². The van der Waals surface area contributed by atoms with Crippen molar-refractivity contribution in [3.8, 4) is 0 Å². The summed E-state index contributed by atoms with van der Waals surface area (Å²) in [6.45, 7) is 5.08. The Morgan fingerprint density at radius 1 is 1.16 bits per heavy atom. The van der Waals surface area contributed by atoms with Crippen LogP contribution in [0.3, 0.4) is 0 Å². The number of nitrogens with two attached hydrogens (primary N) is 2. The zero-order valence-electron chi connectivity index (χ0n) is 11.2. The van der Waals surface area contributed by atoms with E-state index in [-0.39, 0.29) is 17.2 Å². The van der Waals surface area contributed by atoms with E-state index >= 15 is 0 Å². The van der Waals surface area contributed by atoms with Crippen LogP contribution in [0.4, 0.5) is 5.69 Å². The molecule has 0 spiro atoms. The largest absolute Gasteiger partial charge is 0.388 e. The minimum Gasteiger partial charge on any atom is -0.388 e. The second-order valence-electron chi connectivity index (χ2n) is 5.05. The van der Waals surface area contributed by atoms with E-state index in [0.29, 0.717) is 5.69 Å². The first-order valence-corrected chi connectivity index (χ1v) is 5.85. The van der Waals surface area contributed by atoms with Crippen LogP contribution < -0.4 is 16.8 Å². The van der Waals surface area contributed by atoms with E-state index in [2.05, 4.69) is 5.32 Å². The van der Waals surface area contributed by atoms with Gasteiger partial charge in [-0.05, 0) is 39.0 Å². The zero-order chi connectivity index (χ0) is 14.8. The highest BCUT2D eigenvalue weighted by molar-refractivity contribution is 5.99. The highest BCUT2D eigenvalue weighted by Crippen LogP contribution is 2.19. The number of amides is 2. The summed E-state index contributed by atoms with van der Waals surface area (Å²) in [5.74, 6) is -1.30. The topological polar surface area (TPSA) is 118 Å². The normalized spacial score (nSPS) is 12.8. The zero-order valence-corrected chi connectivity index (χ0v) is 11.2. The van der Waals surface area contributed by atoms with Crippen LogP contribution in [0.5, 0.6) is 0 Å². The Balaban J connectivity index is 3.13. The van der Waals surface area contributed by atoms with Crippen molar-refractivity contribution >= 4 is 17.5 Å². The molecule has 0 bridgehead atoms. The van der Waals surface area contributed by atoms with E-state index in [9.17, 15) is 14.7 Å². The fraction of sp³-hybridized carbons (Fsp3) is 0.385. The molecule has 0 saturated heterocycles. The Bertz CT molecular complexity index is 474. The average Bonchev–Trinajstić information content (AvgIpc) is 2.27. The molecule has 1 unspecified atom stereocenters. The van der Waals surface area contributed by atoms with Gasteiger partial charge in [0.05, 0.1) is 11.6 Å². The van der Waals surface area contributed by atoms with Gasteiger partial charge in [0, 0.05) is 16.8 Å². The van der Waals surface area contributed by atoms with Crippen molar-refractivity contribution in [3.63, 3.8) is 0 Å². The summed E-state index contributed by atoms with van der Waals surface area (Å²) in [5, 5.41) is 12.9. The number of carbonyl (C=O) groups is 2. The molecular weight excluding hydrogens is 246 g/mol. The summed E-state index contributed by atoms with van der Waals surface area (Å²) in [6.07, 6.45) is 0. The summed E-state index contributed by atoms with van der Waals surface area (Å²) < 4.78 is 0. The van der Waals surface area contributed by atoms with Gasteiger partial charge in [0.1, 0.15) is 0 Å². The monoisotopic (exact) mass is 265 g/mol. The molecule has 6 heteroatoms. The summed E-state index contributed by atoms with van der Waals surface area (Å²) in [7, 11) is 0. The first-order valence-electron chi connectivity index (χ1n) is 5.85. The van der Waals surface area contributed by atoms with Gasteiger partial charge < -0.3 is 21.9 Å². The van der Waals surface area contributed by atoms with Crippen molar-refractivity contribution < 1.29 is 14.7 Å². The summed E-state index contributed by atoms with van der Waals surface area (Å²) >= 11 is 0. The summed E-state index contributed by atoms with van der Waals surface area (Å²) in [5.41, 5.74) is 10.3. The Hall–Kier alpha value is -2.08. The van der Waals surface area contributed by atoms with E-state index in [1.165, 1.54) is 18.2 Å². The third-order valence-electron chi connectivity index (χ3n) is 2.94. The van der Waals surface area contributed by atoms with Crippen molar-refractivity contribution in [2.45, 2.75) is 32.4 Å². The molecule has 0 saturated carbocycles. The quantitative estimate of drug-likeness (QED) is 0.618. The highest BCUT2D eigenvalue weighted by atomic mass is 16.3. The van der Waals surface area contributed by atoms with Crippen LogP contribution in [0.2, 0.25) is 0 Å². The summed E-state index contributed by atoms with van der Waals surface area (Å²) in [6, 6.07) is 4.06. The number of carbonyl (C=O) groups excluding carboxylic acids is 2. The maximum atomic E-state index is 11.2. The first-order chi connectivity index (χ1) is 8.61. The molecule has 0 aromatic heterocycles. The number of hydrogen-bond donors (Lipinski definition) is 4. The number of rotatable bonds is 5. The molecule has 19 heavy (non-hydrogen) atoms. The number of primary amides is 2. The van der Waals surface area contributed by atoms with Gasteiger partial charge in [-0.2, -0.15) is 0 Å². The van der Waals surface area contributed by atoms with E-state index in [1.807, 2.05) is 0 Å². The van der Waals surface area contributed by atoms with Crippen LogP contribution in [0.1, 0.15) is 41.5 Å². The lowest BCUT2D eigenvalue weighted by atomic mass is 10.00. The van der Waals surface area contributed by atoms with Crippen LogP contribution in [0.25, 0.3) is 0 Å². The van der Waals surface area contributed by atoms with Crippen LogP contribution in [0.15, 0.2) is 18.2 Å². The number of benzene rings is 1. The molecule has 6 nitrogen and oxygen atoms in total. The van der Waals surface area contributed by atoms with E-state index in [0.717, 1.165) is 0 Å². The molecule has 104 valence electrons. The molecule has 0 aliphatic rings. The second-order valence-corrected chi connectivity index (χ2v) is 5.05. The molecule has 0 heterocycles. The average molecular weight is 265 g/mol.